The predicted molar refractivity (Wildman–Crippen MR) is 100 cm³/mol. The van der Waals surface area contributed by atoms with Crippen LogP contribution in [0.15, 0.2) is 59.2 Å². The Hall–Kier alpha value is -2.22. The summed E-state index contributed by atoms with van der Waals surface area (Å²) in [5.41, 5.74) is 2.16. The van der Waals surface area contributed by atoms with Gasteiger partial charge in [-0.15, -0.1) is 0 Å². The van der Waals surface area contributed by atoms with Crippen molar-refractivity contribution in [2.75, 3.05) is 0 Å². The average molecular weight is 378 g/mol. The van der Waals surface area contributed by atoms with E-state index in [1.807, 2.05) is 26.1 Å². The number of hydrogen-bond acceptors (Lipinski definition) is 4. The molecule has 3 rings (SSSR count). The van der Waals surface area contributed by atoms with Crippen LogP contribution in [0.2, 0.25) is 0 Å². The van der Waals surface area contributed by atoms with Crippen LogP contribution < -0.4 is 4.57 Å². The molecule has 1 aromatic heterocycles. The number of rotatable bonds is 2. The molecule has 0 saturated carbocycles. The highest BCUT2D eigenvalue weighted by atomic mass is 32.2. The van der Waals surface area contributed by atoms with Gasteiger partial charge in [-0.3, -0.25) is 4.55 Å². The van der Waals surface area contributed by atoms with Gasteiger partial charge in [0.25, 0.3) is 15.1 Å². The van der Waals surface area contributed by atoms with Gasteiger partial charge in [-0.1, -0.05) is 41.2 Å². The van der Waals surface area contributed by atoms with Crippen molar-refractivity contribution in [3.8, 4) is 0 Å². The fourth-order valence-corrected chi connectivity index (χ4v) is 3.76. The quantitative estimate of drug-likeness (QED) is 0.403. The van der Waals surface area contributed by atoms with E-state index in [-0.39, 0.29) is 4.90 Å². The maximum atomic E-state index is 10.5. The van der Waals surface area contributed by atoms with Gasteiger partial charge in [0, 0.05) is 6.07 Å². The van der Waals surface area contributed by atoms with Gasteiger partial charge in [-0.05, 0) is 32.0 Å². The molecule has 0 aliphatic carbocycles. The monoisotopic (exact) mass is 378 g/mol. The third-order valence-electron chi connectivity index (χ3n) is 3.42. The zero-order chi connectivity index (χ0) is 18.6. The lowest BCUT2D eigenvalue weighted by Gasteiger charge is -1.95. The van der Waals surface area contributed by atoms with E-state index in [1.54, 1.807) is 36.5 Å². The van der Waals surface area contributed by atoms with Crippen LogP contribution in [0, 0.1) is 6.92 Å². The number of aliphatic hydroxyl groups is 1. The molecule has 0 aliphatic rings. The first-order valence-corrected chi connectivity index (χ1v) is 9.73. The summed E-state index contributed by atoms with van der Waals surface area (Å²) in [4.78, 5) is -0.0666. The molecule has 25 heavy (non-hydrogen) atoms. The Morgan fingerprint density at radius 2 is 1.72 bits per heavy atom. The van der Waals surface area contributed by atoms with E-state index < -0.39 is 10.1 Å². The smallest absolute Gasteiger partial charge is 0.294 e. The molecule has 0 radical (unpaired) electrons. The Balaban J connectivity index is 0.000000186. The minimum atomic E-state index is -4.02. The number of nitrogens with zero attached hydrogens (tertiary/aromatic N) is 1. The van der Waals surface area contributed by atoms with Gasteiger partial charge < -0.3 is 5.11 Å². The molecule has 5 nitrogen and oxygen atoms in total. The number of hydrogen-bond donors (Lipinski definition) is 2. The van der Waals surface area contributed by atoms with Crippen molar-refractivity contribution < 1.29 is 22.6 Å². The topological polar surface area (TPSA) is 78.5 Å². The van der Waals surface area contributed by atoms with Crippen LogP contribution in [0.5, 0.6) is 0 Å². The van der Waals surface area contributed by atoms with Gasteiger partial charge in [0.2, 0.25) is 5.52 Å². The Labute approximate surface area is 151 Å². The summed E-state index contributed by atoms with van der Waals surface area (Å²) in [6, 6.07) is 14.2. The molecule has 2 aromatic carbocycles. The molecule has 132 valence electrons. The Morgan fingerprint density at radius 1 is 1.12 bits per heavy atom. The zero-order valence-corrected chi connectivity index (χ0v) is 15.8. The average Bonchev–Trinajstić information content (AvgIpc) is 2.83. The molecule has 7 heteroatoms. The van der Waals surface area contributed by atoms with Gasteiger partial charge in [0.05, 0.1) is 16.7 Å². The van der Waals surface area contributed by atoms with Crippen molar-refractivity contribution >= 4 is 37.7 Å². The maximum Gasteiger partial charge on any atom is 0.294 e. The number of thiazole rings is 1. The summed E-state index contributed by atoms with van der Waals surface area (Å²) in [7, 11) is -2.01. The van der Waals surface area contributed by atoms with E-state index in [2.05, 4.69) is 16.7 Å². The zero-order valence-electron chi connectivity index (χ0n) is 14.2. The lowest BCUT2D eigenvalue weighted by molar-refractivity contribution is -0.642. The van der Waals surface area contributed by atoms with Crippen LogP contribution >= 0.6 is 11.3 Å². The van der Waals surface area contributed by atoms with Crippen LogP contribution in [-0.4, -0.2) is 18.1 Å². The van der Waals surface area contributed by atoms with Crippen LogP contribution in [0.3, 0.4) is 0 Å². The number of benzene rings is 2. The summed E-state index contributed by atoms with van der Waals surface area (Å²) in [5.74, 6) is 0.340. The Kier molecular flexibility index (Phi) is 5.94. The second kappa shape index (κ2) is 7.77. The third-order valence-corrected chi connectivity index (χ3v) is 5.46. The highest BCUT2D eigenvalue weighted by Crippen LogP contribution is 2.20. The second-order valence-corrected chi connectivity index (χ2v) is 8.02. The van der Waals surface area contributed by atoms with Crippen LogP contribution in [0.25, 0.3) is 16.3 Å². The number of allylic oxidation sites excluding steroid dienone is 1. The van der Waals surface area contributed by atoms with Crippen molar-refractivity contribution in [2.45, 2.75) is 18.7 Å². The molecule has 0 aliphatic heterocycles. The fraction of sp³-hybridized carbons (Fsp3) is 0.167. The summed E-state index contributed by atoms with van der Waals surface area (Å²) < 4.78 is 32.9. The van der Waals surface area contributed by atoms with E-state index in [0.717, 1.165) is 10.6 Å². The number of aromatic nitrogens is 1. The molecule has 0 unspecified atom stereocenters. The van der Waals surface area contributed by atoms with Crippen molar-refractivity contribution in [1.82, 2.24) is 0 Å². The van der Waals surface area contributed by atoms with Crippen LogP contribution in [0.1, 0.15) is 17.5 Å². The Morgan fingerprint density at radius 3 is 2.24 bits per heavy atom. The van der Waals surface area contributed by atoms with Crippen LogP contribution in [0.4, 0.5) is 0 Å². The SMILES string of the molecule is CC(O)=Cc1sc2ccccc2[n+]1C.Cc1ccc(S(=O)(=O)O)cc1. The molecular weight excluding hydrogens is 358 g/mol. The van der Waals surface area contributed by atoms with Gasteiger partial charge in [-0.2, -0.15) is 13.0 Å². The molecule has 0 atom stereocenters. The van der Waals surface area contributed by atoms with Gasteiger partial charge >= 0.3 is 0 Å². The number of aliphatic hydroxyl groups excluding tert-OH is 1. The summed E-state index contributed by atoms with van der Waals surface area (Å²) in [6.07, 6.45) is 1.78. The summed E-state index contributed by atoms with van der Waals surface area (Å²) >= 11 is 1.68. The largest absolute Gasteiger partial charge is 0.512 e. The second-order valence-electron chi connectivity index (χ2n) is 5.54. The Bertz CT molecular complexity index is 999. The maximum absolute atomic E-state index is 10.5. The number of para-hydroxylation sites is 1. The number of aryl methyl sites for hydroxylation is 2. The normalized spacial score (nSPS) is 11.9. The molecule has 0 amide bonds. The minimum absolute atomic E-state index is 0.0666. The first-order chi connectivity index (χ1) is 11.7. The predicted octanol–water partition coefficient (Wildman–Crippen LogP) is 3.89. The molecule has 0 saturated heterocycles. The highest BCUT2D eigenvalue weighted by Gasteiger charge is 2.13. The molecule has 3 aromatic rings. The third kappa shape index (κ3) is 5.12. The minimum Gasteiger partial charge on any atom is -0.512 e. The van der Waals surface area contributed by atoms with E-state index in [1.165, 1.54) is 22.3 Å². The van der Waals surface area contributed by atoms with Crippen molar-refractivity contribution in [1.29, 1.82) is 0 Å². The van der Waals surface area contributed by atoms with Gasteiger partial charge in [-0.25, -0.2) is 0 Å². The van der Waals surface area contributed by atoms with Gasteiger partial charge in [0.1, 0.15) is 11.7 Å². The fourth-order valence-electron chi connectivity index (χ4n) is 2.14. The summed E-state index contributed by atoms with van der Waals surface area (Å²) in [5, 5.41) is 10.3. The first-order valence-electron chi connectivity index (χ1n) is 7.47. The highest BCUT2D eigenvalue weighted by molar-refractivity contribution is 7.85. The standard InChI is InChI=1S/C11H11NOS.C7H8O3S/c1-8(13)7-11-12(2)9-5-3-4-6-10(9)14-11;1-6-2-4-7(5-3-6)11(8,9)10/h3-7H,1-2H3;2-5H,1H3,(H,8,9,10)/p+1. The first kappa shape index (κ1) is 19.1. The lowest BCUT2D eigenvalue weighted by atomic mass is 10.2. The van der Waals surface area contributed by atoms with Crippen molar-refractivity contribution in [3.05, 3.63) is 64.9 Å². The molecule has 0 spiro atoms. The molecule has 0 bridgehead atoms. The lowest BCUT2D eigenvalue weighted by Crippen LogP contribution is -2.28. The molecule has 2 N–H and O–H groups in total. The van der Waals surface area contributed by atoms with E-state index in [0.29, 0.717) is 5.76 Å². The van der Waals surface area contributed by atoms with Crippen LogP contribution in [-0.2, 0) is 17.2 Å². The molecular formula is C18H20NO4S2+. The van der Waals surface area contributed by atoms with Crippen molar-refractivity contribution in [2.24, 2.45) is 7.05 Å². The van der Waals surface area contributed by atoms with E-state index in [9.17, 15) is 13.5 Å². The van der Waals surface area contributed by atoms with E-state index >= 15 is 0 Å². The summed E-state index contributed by atoms with van der Waals surface area (Å²) in [6.45, 7) is 3.53. The molecule has 0 fully saturated rings. The van der Waals surface area contributed by atoms with E-state index in [4.69, 9.17) is 4.55 Å². The molecule has 1 heterocycles. The van der Waals surface area contributed by atoms with Crippen molar-refractivity contribution in [3.63, 3.8) is 0 Å². The number of fused-ring (bicyclic) bond motifs is 1. The van der Waals surface area contributed by atoms with Gasteiger partial charge in [0.15, 0.2) is 0 Å².